The van der Waals surface area contributed by atoms with Crippen LogP contribution in [-0.4, -0.2) is 19.3 Å². The van der Waals surface area contributed by atoms with Crippen molar-refractivity contribution in [3.63, 3.8) is 0 Å². The molecule has 0 aliphatic carbocycles. The molecule has 1 aromatic carbocycles. The highest BCUT2D eigenvalue weighted by Crippen LogP contribution is 2.29. The number of nitrogen functional groups attached to an aromatic ring is 1. The molecule has 1 heterocycles. The SMILES string of the molecule is Nc1cc(F)c(Br)cc1OCC1CCCO1. The second kappa shape index (κ2) is 5.01. The Balaban J connectivity index is 2.00. The first-order valence-electron chi connectivity index (χ1n) is 5.16. The number of hydrogen-bond donors (Lipinski definition) is 1. The molecule has 1 aromatic rings. The Labute approximate surface area is 102 Å². The monoisotopic (exact) mass is 289 g/mol. The van der Waals surface area contributed by atoms with Crippen LogP contribution in [0.25, 0.3) is 0 Å². The van der Waals surface area contributed by atoms with Gasteiger partial charge in [0.15, 0.2) is 0 Å². The van der Waals surface area contributed by atoms with Crippen LogP contribution >= 0.6 is 15.9 Å². The van der Waals surface area contributed by atoms with Gasteiger partial charge in [0.25, 0.3) is 0 Å². The van der Waals surface area contributed by atoms with Gasteiger partial charge in [-0.1, -0.05) is 0 Å². The first kappa shape index (κ1) is 11.7. The average molecular weight is 290 g/mol. The van der Waals surface area contributed by atoms with Gasteiger partial charge in [-0.15, -0.1) is 0 Å². The van der Waals surface area contributed by atoms with Gasteiger partial charge in [0.2, 0.25) is 0 Å². The van der Waals surface area contributed by atoms with Crippen molar-refractivity contribution in [3.8, 4) is 5.75 Å². The average Bonchev–Trinajstić information content (AvgIpc) is 2.74. The Kier molecular flexibility index (Phi) is 3.66. The third-order valence-corrected chi connectivity index (χ3v) is 3.11. The van der Waals surface area contributed by atoms with Gasteiger partial charge in [0.05, 0.1) is 16.3 Å². The zero-order valence-electron chi connectivity index (χ0n) is 8.71. The minimum absolute atomic E-state index is 0.128. The van der Waals surface area contributed by atoms with Crippen molar-refractivity contribution in [2.45, 2.75) is 18.9 Å². The van der Waals surface area contributed by atoms with E-state index in [0.717, 1.165) is 19.4 Å². The third-order valence-electron chi connectivity index (χ3n) is 2.50. The number of rotatable bonds is 3. The minimum Gasteiger partial charge on any atom is -0.489 e. The van der Waals surface area contributed by atoms with E-state index in [1.165, 1.54) is 6.07 Å². The van der Waals surface area contributed by atoms with Crippen LogP contribution in [0.3, 0.4) is 0 Å². The molecule has 0 spiro atoms. The third kappa shape index (κ3) is 2.65. The van der Waals surface area contributed by atoms with E-state index in [1.54, 1.807) is 6.07 Å². The molecule has 0 radical (unpaired) electrons. The van der Waals surface area contributed by atoms with Gasteiger partial charge in [-0.3, -0.25) is 0 Å². The summed E-state index contributed by atoms with van der Waals surface area (Å²) in [5.74, 6) is 0.103. The molecule has 3 nitrogen and oxygen atoms in total. The Hall–Kier alpha value is -0.810. The van der Waals surface area contributed by atoms with Crippen LogP contribution in [0.1, 0.15) is 12.8 Å². The second-order valence-electron chi connectivity index (χ2n) is 3.75. The molecular weight excluding hydrogens is 277 g/mol. The van der Waals surface area contributed by atoms with Crippen molar-refractivity contribution in [1.82, 2.24) is 0 Å². The largest absolute Gasteiger partial charge is 0.489 e. The van der Waals surface area contributed by atoms with Crippen LogP contribution in [0.5, 0.6) is 5.75 Å². The van der Waals surface area contributed by atoms with E-state index in [0.29, 0.717) is 22.5 Å². The smallest absolute Gasteiger partial charge is 0.143 e. The second-order valence-corrected chi connectivity index (χ2v) is 4.60. The first-order chi connectivity index (χ1) is 7.66. The highest BCUT2D eigenvalue weighted by molar-refractivity contribution is 9.10. The van der Waals surface area contributed by atoms with Gasteiger partial charge in [-0.05, 0) is 34.8 Å². The summed E-state index contributed by atoms with van der Waals surface area (Å²) in [7, 11) is 0. The Bertz CT molecular complexity index is 380. The summed E-state index contributed by atoms with van der Waals surface area (Å²) in [5.41, 5.74) is 5.95. The van der Waals surface area contributed by atoms with Gasteiger partial charge >= 0.3 is 0 Å². The number of benzene rings is 1. The van der Waals surface area contributed by atoms with Crippen molar-refractivity contribution in [2.75, 3.05) is 18.9 Å². The van der Waals surface area contributed by atoms with E-state index in [4.69, 9.17) is 15.2 Å². The van der Waals surface area contributed by atoms with E-state index in [2.05, 4.69) is 15.9 Å². The zero-order valence-corrected chi connectivity index (χ0v) is 10.3. The van der Waals surface area contributed by atoms with Gasteiger partial charge in [0, 0.05) is 12.7 Å². The van der Waals surface area contributed by atoms with Crippen LogP contribution in [-0.2, 0) is 4.74 Å². The summed E-state index contributed by atoms with van der Waals surface area (Å²) in [6.07, 6.45) is 2.20. The Morgan fingerprint density at radius 1 is 1.56 bits per heavy atom. The summed E-state index contributed by atoms with van der Waals surface area (Å²) in [5, 5.41) is 0. The maximum absolute atomic E-state index is 13.1. The summed E-state index contributed by atoms with van der Waals surface area (Å²) in [6, 6.07) is 2.79. The predicted molar refractivity (Wildman–Crippen MR) is 63.0 cm³/mol. The molecule has 0 amide bonds. The molecule has 88 valence electrons. The fraction of sp³-hybridized carbons (Fsp3) is 0.455. The van der Waals surface area contributed by atoms with E-state index >= 15 is 0 Å². The number of ether oxygens (including phenoxy) is 2. The first-order valence-corrected chi connectivity index (χ1v) is 5.95. The number of halogens is 2. The molecule has 1 aliphatic rings. The van der Waals surface area contributed by atoms with Gasteiger partial charge in [0.1, 0.15) is 18.2 Å². The normalized spacial score (nSPS) is 20.0. The Morgan fingerprint density at radius 2 is 2.38 bits per heavy atom. The topological polar surface area (TPSA) is 44.5 Å². The molecule has 1 saturated heterocycles. The van der Waals surface area contributed by atoms with E-state index < -0.39 is 0 Å². The number of hydrogen-bond acceptors (Lipinski definition) is 3. The molecule has 0 aromatic heterocycles. The van der Waals surface area contributed by atoms with Gasteiger partial charge in [-0.2, -0.15) is 0 Å². The lowest BCUT2D eigenvalue weighted by molar-refractivity contribution is 0.0682. The van der Waals surface area contributed by atoms with Crippen molar-refractivity contribution in [1.29, 1.82) is 0 Å². The van der Waals surface area contributed by atoms with Crippen LogP contribution in [0, 0.1) is 5.82 Å². The van der Waals surface area contributed by atoms with E-state index in [9.17, 15) is 4.39 Å². The Morgan fingerprint density at radius 3 is 3.06 bits per heavy atom. The molecule has 5 heteroatoms. The minimum atomic E-state index is -0.387. The van der Waals surface area contributed by atoms with E-state index in [-0.39, 0.29) is 11.9 Å². The predicted octanol–water partition coefficient (Wildman–Crippen LogP) is 2.73. The molecular formula is C11H13BrFNO2. The highest BCUT2D eigenvalue weighted by Gasteiger charge is 2.17. The van der Waals surface area contributed by atoms with Crippen LogP contribution in [0.4, 0.5) is 10.1 Å². The maximum Gasteiger partial charge on any atom is 0.143 e. The lowest BCUT2D eigenvalue weighted by atomic mass is 10.2. The maximum atomic E-state index is 13.1. The van der Waals surface area contributed by atoms with Gasteiger partial charge < -0.3 is 15.2 Å². The molecule has 2 N–H and O–H groups in total. The lowest BCUT2D eigenvalue weighted by Gasteiger charge is -2.13. The standard InChI is InChI=1S/C11H13BrFNO2/c12-8-4-11(10(14)5-9(8)13)16-6-7-2-1-3-15-7/h4-5,7H,1-3,6,14H2. The summed E-state index contributed by atoms with van der Waals surface area (Å²) < 4.78 is 24.4. The fourth-order valence-corrected chi connectivity index (χ4v) is 1.95. The molecule has 1 fully saturated rings. The molecule has 1 unspecified atom stereocenters. The molecule has 0 saturated carbocycles. The lowest BCUT2D eigenvalue weighted by Crippen LogP contribution is -2.16. The molecule has 1 aliphatic heterocycles. The van der Waals surface area contributed by atoms with Gasteiger partial charge in [-0.25, -0.2) is 4.39 Å². The summed E-state index contributed by atoms with van der Waals surface area (Å²) in [6.45, 7) is 1.25. The van der Waals surface area contributed by atoms with Crippen molar-refractivity contribution in [2.24, 2.45) is 0 Å². The van der Waals surface area contributed by atoms with Crippen molar-refractivity contribution in [3.05, 3.63) is 22.4 Å². The quantitative estimate of drug-likeness (QED) is 0.871. The highest BCUT2D eigenvalue weighted by atomic mass is 79.9. The molecule has 16 heavy (non-hydrogen) atoms. The van der Waals surface area contributed by atoms with Crippen molar-refractivity contribution >= 4 is 21.6 Å². The van der Waals surface area contributed by atoms with E-state index in [1.807, 2.05) is 0 Å². The summed E-state index contributed by atoms with van der Waals surface area (Å²) >= 11 is 3.09. The number of anilines is 1. The van der Waals surface area contributed by atoms with Crippen LogP contribution in [0.15, 0.2) is 16.6 Å². The van der Waals surface area contributed by atoms with Crippen LogP contribution in [0.2, 0.25) is 0 Å². The van der Waals surface area contributed by atoms with Crippen LogP contribution < -0.4 is 10.5 Å². The van der Waals surface area contributed by atoms with Crippen molar-refractivity contribution < 1.29 is 13.9 Å². The fourth-order valence-electron chi connectivity index (χ4n) is 1.63. The number of nitrogens with two attached hydrogens (primary N) is 1. The zero-order chi connectivity index (χ0) is 11.5. The summed E-state index contributed by atoms with van der Waals surface area (Å²) in [4.78, 5) is 0. The molecule has 0 bridgehead atoms. The molecule has 1 atom stereocenters. The molecule has 2 rings (SSSR count).